The number of para-hydroxylation sites is 2. The smallest absolute Gasteiger partial charge is 0.310 e. The molecule has 0 radical (unpaired) electrons. The molecule has 130 valence electrons. The third-order valence-electron chi connectivity index (χ3n) is 3.52. The van der Waals surface area contributed by atoms with Gasteiger partial charge in [0.15, 0.2) is 17.2 Å². The van der Waals surface area contributed by atoms with Gasteiger partial charge in [-0.25, -0.2) is 0 Å². The van der Waals surface area contributed by atoms with Gasteiger partial charge in [-0.1, -0.05) is 12.1 Å². The zero-order valence-electron chi connectivity index (χ0n) is 13.3. The van der Waals surface area contributed by atoms with Gasteiger partial charge in [-0.15, -0.1) is 0 Å². The first-order valence-electron chi connectivity index (χ1n) is 7.69. The zero-order chi connectivity index (χ0) is 17.6. The lowest BCUT2D eigenvalue weighted by Gasteiger charge is -2.08. The molecule has 2 aromatic rings. The van der Waals surface area contributed by atoms with Gasteiger partial charge in [0.05, 0.1) is 11.5 Å². The minimum atomic E-state index is -0.498. The molecule has 0 aliphatic carbocycles. The Morgan fingerprint density at radius 2 is 2.00 bits per heavy atom. The van der Waals surface area contributed by atoms with Crippen LogP contribution in [-0.2, 0) is 4.79 Å². The van der Waals surface area contributed by atoms with Gasteiger partial charge < -0.3 is 19.5 Å². The SMILES string of the molecule is O=C(CCCOc1ccccc1[N+](=O)[O-])Nc1ccc2c(c1)OCO2. The maximum atomic E-state index is 12.0. The number of benzene rings is 2. The van der Waals surface area contributed by atoms with Gasteiger partial charge in [-0.05, 0) is 24.6 Å². The highest BCUT2D eigenvalue weighted by Crippen LogP contribution is 2.34. The lowest BCUT2D eigenvalue weighted by Crippen LogP contribution is -2.13. The molecule has 8 nitrogen and oxygen atoms in total. The second kappa shape index (κ2) is 7.52. The first-order chi connectivity index (χ1) is 12.1. The zero-order valence-corrected chi connectivity index (χ0v) is 13.3. The fraction of sp³-hybridized carbons (Fsp3) is 0.235. The Kier molecular flexibility index (Phi) is 4.98. The van der Waals surface area contributed by atoms with E-state index in [1.807, 2.05) is 0 Å². The Hall–Kier alpha value is -3.29. The minimum Gasteiger partial charge on any atom is -0.487 e. The molecule has 1 heterocycles. The summed E-state index contributed by atoms with van der Waals surface area (Å²) >= 11 is 0. The number of fused-ring (bicyclic) bond motifs is 1. The van der Waals surface area contributed by atoms with Gasteiger partial charge in [0.2, 0.25) is 12.7 Å². The highest BCUT2D eigenvalue weighted by molar-refractivity contribution is 5.91. The van der Waals surface area contributed by atoms with E-state index < -0.39 is 4.92 Å². The van der Waals surface area contributed by atoms with Gasteiger partial charge in [0.1, 0.15) is 0 Å². The van der Waals surface area contributed by atoms with Crippen LogP contribution in [0.5, 0.6) is 17.2 Å². The first-order valence-corrected chi connectivity index (χ1v) is 7.69. The molecule has 0 saturated heterocycles. The van der Waals surface area contributed by atoms with Crippen LogP contribution in [0, 0.1) is 10.1 Å². The molecule has 0 unspecified atom stereocenters. The fourth-order valence-electron chi connectivity index (χ4n) is 2.34. The fourth-order valence-corrected chi connectivity index (χ4v) is 2.34. The second-order valence-corrected chi connectivity index (χ2v) is 5.29. The molecule has 0 bridgehead atoms. The summed E-state index contributed by atoms with van der Waals surface area (Å²) in [6, 6.07) is 11.3. The van der Waals surface area contributed by atoms with Crippen molar-refractivity contribution in [1.29, 1.82) is 0 Å². The monoisotopic (exact) mass is 344 g/mol. The number of nitro groups is 1. The molecule has 0 aromatic heterocycles. The van der Waals surface area contributed by atoms with E-state index >= 15 is 0 Å². The molecular formula is C17H16N2O6. The van der Waals surface area contributed by atoms with Crippen molar-refractivity contribution in [3.63, 3.8) is 0 Å². The predicted molar refractivity (Wildman–Crippen MR) is 89.0 cm³/mol. The number of carbonyl (C=O) groups excluding carboxylic acids is 1. The average molecular weight is 344 g/mol. The summed E-state index contributed by atoms with van der Waals surface area (Å²) in [6.07, 6.45) is 0.664. The number of carbonyl (C=O) groups is 1. The van der Waals surface area contributed by atoms with Gasteiger partial charge >= 0.3 is 5.69 Å². The van der Waals surface area contributed by atoms with E-state index in [0.717, 1.165) is 0 Å². The Morgan fingerprint density at radius 1 is 1.20 bits per heavy atom. The average Bonchev–Trinajstić information content (AvgIpc) is 3.06. The molecule has 3 rings (SSSR count). The molecule has 25 heavy (non-hydrogen) atoms. The molecule has 1 aliphatic heterocycles. The lowest BCUT2D eigenvalue weighted by molar-refractivity contribution is -0.385. The summed E-state index contributed by atoms with van der Waals surface area (Å²) in [5.74, 6) is 1.27. The molecule has 0 spiro atoms. The number of anilines is 1. The van der Waals surface area contributed by atoms with Crippen molar-refractivity contribution in [2.45, 2.75) is 12.8 Å². The predicted octanol–water partition coefficient (Wildman–Crippen LogP) is 3.12. The van der Waals surface area contributed by atoms with Crippen LogP contribution in [0.25, 0.3) is 0 Å². The van der Waals surface area contributed by atoms with E-state index in [1.54, 1.807) is 30.3 Å². The largest absolute Gasteiger partial charge is 0.487 e. The van der Waals surface area contributed by atoms with Crippen LogP contribution in [0.1, 0.15) is 12.8 Å². The van der Waals surface area contributed by atoms with Crippen molar-refractivity contribution in [1.82, 2.24) is 0 Å². The summed E-state index contributed by atoms with van der Waals surface area (Å²) in [5.41, 5.74) is 0.529. The van der Waals surface area contributed by atoms with Crippen molar-refractivity contribution in [2.75, 3.05) is 18.7 Å². The molecule has 1 amide bonds. The lowest BCUT2D eigenvalue weighted by atomic mass is 10.2. The second-order valence-electron chi connectivity index (χ2n) is 5.29. The highest BCUT2D eigenvalue weighted by Gasteiger charge is 2.15. The van der Waals surface area contributed by atoms with Crippen molar-refractivity contribution in [3.8, 4) is 17.2 Å². The minimum absolute atomic E-state index is 0.0905. The Bertz CT molecular complexity index is 792. The molecule has 0 atom stereocenters. The Balaban J connectivity index is 1.45. The van der Waals surface area contributed by atoms with E-state index in [2.05, 4.69) is 5.32 Å². The summed E-state index contributed by atoms with van der Waals surface area (Å²) in [5, 5.41) is 13.7. The topological polar surface area (TPSA) is 99.9 Å². The standard InChI is InChI=1S/C17H16N2O6/c20-17(18-12-7-8-15-16(10-12)25-11-24-15)6-3-9-23-14-5-2-1-4-13(14)19(21)22/h1-2,4-5,7-8,10H,3,6,9,11H2,(H,18,20). The molecule has 0 fully saturated rings. The van der Waals surface area contributed by atoms with Crippen LogP contribution in [0.15, 0.2) is 42.5 Å². The quantitative estimate of drug-likeness (QED) is 0.470. The van der Waals surface area contributed by atoms with Crippen molar-refractivity contribution >= 4 is 17.3 Å². The number of nitrogens with zero attached hydrogens (tertiary/aromatic N) is 1. The number of amides is 1. The number of hydrogen-bond acceptors (Lipinski definition) is 6. The first kappa shape index (κ1) is 16.6. The van der Waals surface area contributed by atoms with Gasteiger partial charge in [-0.3, -0.25) is 14.9 Å². The molecule has 1 aliphatic rings. The Labute approximate surface area is 143 Å². The molecule has 0 saturated carbocycles. The van der Waals surface area contributed by atoms with Gasteiger partial charge in [0.25, 0.3) is 0 Å². The molecule has 1 N–H and O–H groups in total. The van der Waals surface area contributed by atoms with Crippen molar-refractivity contribution in [3.05, 3.63) is 52.6 Å². The van der Waals surface area contributed by atoms with E-state index in [0.29, 0.717) is 23.6 Å². The maximum Gasteiger partial charge on any atom is 0.310 e. The number of hydrogen-bond donors (Lipinski definition) is 1. The normalized spacial score (nSPS) is 11.8. The van der Waals surface area contributed by atoms with Gasteiger partial charge in [0, 0.05) is 24.2 Å². The molecule has 8 heteroatoms. The Morgan fingerprint density at radius 3 is 2.84 bits per heavy atom. The third-order valence-corrected chi connectivity index (χ3v) is 3.52. The van der Waals surface area contributed by atoms with Crippen LogP contribution in [0.2, 0.25) is 0 Å². The van der Waals surface area contributed by atoms with Crippen LogP contribution in [-0.4, -0.2) is 24.2 Å². The van der Waals surface area contributed by atoms with E-state index in [4.69, 9.17) is 14.2 Å². The van der Waals surface area contributed by atoms with Crippen LogP contribution in [0.4, 0.5) is 11.4 Å². The van der Waals surface area contributed by atoms with E-state index in [9.17, 15) is 14.9 Å². The third kappa shape index (κ3) is 4.17. The maximum absolute atomic E-state index is 12.0. The molecular weight excluding hydrogens is 328 g/mol. The summed E-state index contributed by atoms with van der Waals surface area (Å²) < 4.78 is 15.9. The number of nitrogens with one attached hydrogen (secondary N) is 1. The van der Waals surface area contributed by atoms with E-state index in [1.165, 1.54) is 12.1 Å². The van der Waals surface area contributed by atoms with E-state index in [-0.39, 0.29) is 37.2 Å². The summed E-state index contributed by atoms with van der Waals surface area (Å²) in [4.78, 5) is 22.3. The van der Waals surface area contributed by atoms with Crippen LogP contribution < -0.4 is 19.5 Å². The summed E-state index contributed by atoms with van der Waals surface area (Å²) in [6.45, 7) is 0.384. The van der Waals surface area contributed by atoms with Crippen LogP contribution in [0.3, 0.4) is 0 Å². The summed E-state index contributed by atoms with van der Waals surface area (Å²) in [7, 11) is 0. The molecule has 2 aromatic carbocycles. The van der Waals surface area contributed by atoms with Crippen molar-refractivity contribution in [2.24, 2.45) is 0 Å². The highest BCUT2D eigenvalue weighted by atomic mass is 16.7. The number of ether oxygens (including phenoxy) is 3. The van der Waals surface area contributed by atoms with Crippen LogP contribution >= 0.6 is 0 Å². The number of rotatable bonds is 7. The van der Waals surface area contributed by atoms with Gasteiger partial charge in [-0.2, -0.15) is 0 Å². The van der Waals surface area contributed by atoms with Crippen molar-refractivity contribution < 1.29 is 23.9 Å². The number of nitro benzene ring substituents is 1.